The zero-order valence-corrected chi connectivity index (χ0v) is 9.83. The molecule has 1 rings (SSSR count). The molecule has 0 atom stereocenters. The van der Waals surface area contributed by atoms with E-state index in [1.807, 2.05) is 6.92 Å². The summed E-state index contributed by atoms with van der Waals surface area (Å²) in [6.07, 6.45) is 0. The molecule has 17 heavy (non-hydrogen) atoms. The van der Waals surface area contributed by atoms with E-state index >= 15 is 0 Å². The topological polar surface area (TPSA) is 64.4 Å². The van der Waals surface area contributed by atoms with E-state index in [2.05, 4.69) is 5.32 Å². The normalized spacial score (nSPS) is 10.3. The molecule has 0 radical (unpaired) electrons. The number of halogens is 1. The van der Waals surface area contributed by atoms with Gasteiger partial charge >= 0.3 is 0 Å². The summed E-state index contributed by atoms with van der Waals surface area (Å²) in [5.74, 6) is -0.577. The van der Waals surface area contributed by atoms with Gasteiger partial charge in [-0.2, -0.15) is 0 Å². The number of nitrogens with zero attached hydrogens (tertiary/aromatic N) is 1. The lowest BCUT2D eigenvalue weighted by molar-refractivity contribution is -0.384. The van der Waals surface area contributed by atoms with Crippen molar-refractivity contribution in [3.8, 4) is 0 Å². The molecule has 6 heteroatoms. The van der Waals surface area contributed by atoms with Crippen LogP contribution >= 0.6 is 0 Å². The molecular formula is C11H15FN2O3. The number of nitrogens with one attached hydrogen (secondary N) is 1. The van der Waals surface area contributed by atoms with Crippen LogP contribution in [0.5, 0.6) is 0 Å². The van der Waals surface area contributed by atoms with E-state index in [9.17, 15) is 14.5 Å². The van der Waals surface area contributed by atoms with Gasteiger partial charge in [0, 0.05) is 13.2 Å². The minimum Gasteiger partial charge on any atom is -0.380 e. The molecule has 1 aromatic rings. The van der Waals surface area contributed by atoms with Gasteiger partial charge < -0.3 is 10.1 Å². The lowest BCUT2D eigenvalue weighted by Crippen LogP contribution is -2.11. The van der Waals surface area contributed by atoms with Crippen LogP contribution in [0.1, 0.15) is 12.5 Å². The van der Waals surface area contributed by atoms with Gasteiger partial charge in [0.15, 0.2) is 0 Å². The maximum Gasteiger partial charge on any atom is 0.295 e. The predicted octanol–water partition coefficient (Wildman–Crippen LogP) is 2.49. The third kappa shape index (κ3) is 3.67. The molecule has 0 spiro atoms. The van der Waals surface area contributed by atoms with Crippen molar-refractivity contribution in [3.63, 3.8) is 0 Å². The Morgan fingerprint density at radius 3 is 2.82 bits per heavy atom. The molecule has 0 unspecified atom stereocenters. The highest BCUT2D eigenvalue weighted by Gasteiger charge is 2.16. The summed E-state index contributed by atoms with van der Waals surface area (Å²) in [6, 6.07) is 2.36. The molecule has 1 N–H and O–H groups in total. The number of aryl methyl sites for hydroxylation is 1. The summed E-state index contributed by atoms with van der Waals surface area (Å²) in [5, 5.41) is 13.6. The highest BCUT2D eigenvalue weighted by molar-refractivity contribution is 5.63. The fourth-order valence-electron chi connectivity index (χ4n) is 1.37. The number of rotatable bonds is 6. The zero-order valence-electron chi connectivity index (χ0n) is 9.83. The van der Waals surface area contributed by atoms with Gasteiger partial charge in [0.05, 0.1) is 17.6 Å². The molecule has 0 amide bonds. The molecule has 0 aliphatic carbocycles. The molecule has 0 heterocycles. The van der Waals surface area contributed by atoms with Crippen molar-refractivity contribution in [3.05, 3.63) is 33.6 Å². The third-order valence-electron chi connectivity index (χ3n) is 2.24. The fourth-order valence-corrected chi connectivity index (χ4v) is 1.37. The SMILES string of the molecule is CCOCCNc1cc(C)c(F)cc1[N+](=O)[O-]. The van der Waals surface area contributed by atoms with E-state index in [0.29, 0.717) is 31.0 Å². The number of hydrogen-bond donors (Lipinski definition) is 1. The van der Waals surface area contributed by atoms with Gasteiger partial charge in [0.1, 0.15) is 11.5 Å². The van der Waals surface area contributed by atoms with Crippen LogP contribution in [0.4, 0.5) is 15.8 Å². The smallest absolute Gasteiger partial charge is 0.295 e. The van der Waals surface area contributed by atoms with Crippen LogP contribution < -0.4 is 5.32 Å². The van der Waals surface area contributed by atoms with Gasteiger partial charge in [-0.3, -0.25) is 10.1 Å². The average molecular weight is 242 g/mol. The fraction of sp³-hybridized carbons (Fsp3) is 0.455. The monoisotopic (exact) mass is 242 g/mol. The van der Waals surface area contributed by atoms with Crippen LogP contribution in [0, 0.1) is 22.9 Å². The molecule has 0 aliphatic heterocycles. The Balaban J connectivity index is 2.81. The van der Waals surface area contributed by atoms with Crippen molar-refractivity contribution >= 4 is 11.4 Å². The van der Waals surface area contributed by atoms with Crippen molar-refractivity contribution in [1.29, 1.82) is 0 Å². The number of nitro benzene ring substituents is 1. The van der Waals surface area contributed by atoms with Gasteiger partial charge in [0.2, 0.25) is 0 Å². The highest BCUT2D eigenvalue weighted by atomic mass is 19.1. The number of hydrogen-bond acceptors (Lipinski definition) is 4. The molecule has 0 saturated heterocycles. The minimum atomic E-state index is -0.606. The van der Waals surface area contributed by atoms with Crippen molar-refractivity contribution in [1.82, 2.24) is 0 Å². The van der Waals surface area contributed by atoms with Crippen molar-refractivity contribution < 1.29 is 14.1 Å². The van der Waals surface area contributed by atoms with Crippen molar-refractivity contribution in [2.24, 2.45) is 0 Å². The van der Waals surface area contributed by atoms with Gasteiger partial charge in [-0.25, -0.2) is 4.39 Å². The first-order valence-corrected chi connectivity index (χ1v) is 5.32. The second-order valence-corrected chi connectivity index (χ2v) is 3.50. The summed E-state index contributed by atoms with van der Waals surface area (Å²) < 4.78 is 18.3. The first-order valence-electron chi connectivity index (χ1n) is 5.32. The molecule has 5 nitrogen and oxygen atoms in total. The van der Waals surface area contributed by atoms with Crippen LogP contribution in [0.2, 0.25) is 0 Å². The average Bonchev–Trinajstić information content (AvgIpc) is 2.28. The lowest BCUT2D eigenvalue weighted by atomic mass is 10.2. The highest BCUT2D eigenvalue weighted by Crippen LogP contribution is 2.27. The van der Waals surface area contributed by atoms with E-state index in [4.69, 9.17) is 4.74 Å². The number of ether oxygens (including phenoxy) is 1. The molecule has 0 aromatic heterocycles. The quantitative estimate of drug-likeness (QED) is 0.473. The molecule has 1 aromatic carbocycles. The van der Waals surface area contributed by atoms with E-state index in [1.165, 1.54) is 6.07 Å². The number of benzene rings is 1. The Kier molecular flexibility index (Phi) is 4.84. The Bertz CT molecular complexity index is 410. The van der Waals surface area contributed by atoms with Gasteiger partial charge in [-0.05, 0) is 25.5 Å². The second-order valence-electron chi connectivity index (χ2n) is 3.50. The molecule has 94 valence electrons. The minimum absolute atomic E-state index is 0.260. The molecule has 0 saturated carbocycles. The Morgan fingerprint density at radius 1 is 1.53 bits per heavy atom. The third-order valence-corrected chi connectivity index (χ3v) is 2.24. The summed E-state index contributed by atoms with van der Waals surface area (Å²) in [6.45, 7) is 4.91. The maximum absolute atomic E-state index is 13.2. The van der Waals surface area contributed by atoms with Crippen LogP contribution in [-0.4, -0.2) is 24.7 Å². The predicted molar refractivity (Wildman–Crippen MR) is 62.8 cm³/mol. The Morgan fingerprint density at radius 2 is 2.24 bits per heavy atom. The number of nitro groups is 1. The first kappa shape index (κ1) is 13.4. The largest absolute Gasteiger partial charge is 0.380 e. The molecule has 0 bridgehead atoms. The van der Waals surface area contributed by atoms with E-state index in [-0.39, 0.29) is 5.69 Å². The van der Waals surface area contributed by atoms with Crippen molar-refractivity contribution in [2.75, 3.05) is 25.1 Å². The van der Waals surface area contributed by atoms with Crippen LogP contribution in [-0.2, 0) is 4.74 Å². The van der Waals surface area contributed by atoms with Crippen molar-refractivity contribution in [2.45, 2.75) is 13.8 Å². The summed E-state index contributed by atoms with van der Waals surface area (Å²) in [4.78, 5) is 10.1. The zero-order chi connectivity index (χ0) is 12.8. The summed E-state index contributed by atoms with van der Waals surface area (Å²) in [7, 11) is 0. The summed E-state index contributed by atoms with van der Waals surface area (Å²) in [5.41, 5.74) is 0.424. The van der Waals surface area contributed by atoms with Crippen LogP contribution in [0.15, 0.2) is 12.1 Å². The summed E-state index contributed by atoms with van der Waals surface area (Å²) >= 11 is 0. The maximum atomic E-state index is 13.2. The van der Waals surface area contributed by atoms with E-state index in [1.54, 1.807) is 6.92 Å². The molecular weight excluding hydrogens is 227 g/mol. The lowest BCUT2D eigenvalue weighted by Gasteiger charge is -2.08. The molecule has 0 fully saturated rings. The standard InChI is InChI=1S/C11H15FN2O3/c1-3-17-5-4-13-10-6-8(2)9(12)7-11(10)14(15)16/h6-7,13H,3-5H2,1-2H3. The van der Waals surface area contributed by atoms with Crippen LogP contribution in [0.25, 0.3) is 0 Å². The number of anilines is 1. The Hall–Kier alpha value is -1.69. The van der Waals surface area contributed by atoms with Gasteiger partial charge in [-0.15, -0.1) is 0 Å². The van der Waals surface area contributed by atoms with Gasteiger partial charge in [-0.1, -0.05) is 0 Å². The van der Waals surface area contributed by atoms with E-state index in [0.717, 1.165) is 6.07 Å². The Labute approximate surface area is 98.7 Å². The first-order chi connectivity index (χ1) is 8.06. The van der Waals surface area contributed by atoms with Crippen LogP contribution in [0.3, 0.4) is 0 Å². The van der Waals surface area contributed by atoms with E-state index < -0.39 is 10.7 Å². The second kappa shape index (κ2) is 6.15. The van der Waals surface area contributed by atoms with Gasteiger partial charge in [0.25, 0.3) is 5.69 Å². The molecule has 0 aliphatic rings.